The summed E-state index contributed by atoms with van der Waals surface area (Å²) in [6.45, 7) is 6.13. The molecule has 1 aromatic carbocycles. The second kappa shape index (κ2) is 14.2. The summed E-state index contributed by atoms with van der Waals surface area (Å²) < 4.78 is 44.7. The van der Waals surface area contributed by atoms with Crippen LogP contribution in [0, 0.1) is 6.92 Å². The van der Waals surface area contributed by atoms with E-state index in [9.17, 15) is 13.2 Å². The van der Waals surface area contributed by atoms with Gasteiger partial charge in [0.05, 0.1) is 18.5 Å². The van der Waals surface area contributed by atoms with E-state index in [1.165, 1.54) is 0 Å². The van der Waals surface area contributed by atoms with Crippen molar-refractivity contribution in [3.05, 3.63) is 53.1 Å². The molecule has 0 aliphatic heterocycles. The first kappa shape index (κ1) is 32.9. The minimum absolute atomic E-state index is 0.153. The lowest BCUT2D eigenvalue weighted by Crippen LogP contribution is -2.21. The van der Waals surface area contributed by atoms with Crippen LogP contribution in [0.2, 0.25) is 5.02 Å². The minimum Gasteiger partial charge on any atom is -0.490 e. The van der Waals surface area contributed by atoms with E-state index in [1.54, 1.807) is 12.4 Å². The Morgan fingerprint density at radius 3 is 2.51 bits per heavy atom. The first-order valence-corrected chi connectivity index (χ1v) is 13.7. The fraction of sp³-hybridized carbons (Fsp3) is 0.296. The molecule has 4 heterocycles. The summed E-state index contributed by atoms with van der Waals surface area (Å²) >= 11 is 6.26. The van der Waals surface area contributed by atoms with Gasteiger partial charge in [-0.3, -0.25) is 0 Å². The summed E-state index contributed by atoms with van der Waals surface area (Å²) in [5.74, 6) is -0.355. The number of nitrogens with two attached hydrogens (primary N) is 2. The number of rotatable bonds is 10. The molecule has 0 unspecified atom stereocenters. The number of aliphatic carboxylic acids is 1. The molecule has 14 nitrogen and oxygen atoms in total. The molecule has 5 rings (SSSR count). The summed E-state index contributed by atoms with van der Waals surface area (Å²) in [4.78, 5) is 26.8. The third-order valence-corrected chi connectivity index (χ3v) is 6.44. The van der Waals surface area contributed by atoms with E-state index in [-0.39, 0.29) is 5.82 Å². The topological polar surface area (TPSA) is 206 Å². The Hall–Kier alpha value is -5.03. The number of carboxylic acids is 1. The molecule has 0 bridgehead atoms. The van der Waals surface area contributed by atoms with Crippen molar-refractivity contribution < 1.29 is 32.4 Å². The number of aryl methyl sites for hydroxylation is 2. The van der Waals surface area contributed by atoms with Crippen LogP contribution in [0.1, 0.15) is 24.7 Å². The highest BCUT2D eigenvalue weighted by Gasteiger charge is 2.38. The predicted octanol–water partition coefficient (Wildman–Crippen LogP) is 4.28. The van der Waals surface area contributed by atoms with Gasteiger partial charge in [-0.05, 0) is 49.3 Å². The highest BCUT2D eigenvalue weighted by molar-refractivity contribution is 6.30. The van der Waals surface area contributed by atoms with Crippen molar-refractivity contribution in [1.29, 1.82) is 0 Å². The summed E-state index contributed by atoms with van der Waals surface area (Å²) in [5.41, 5.74) is 16.1. The number of benzene rings is 1. The molecule has 5 aromatic rings. The molecule has 6 N–H and O–H groups in total. The second-order valence-electron chi connectivity index (χ2n) is 9.37. The first-order valence-electron chi connectivity index (χ1n) is 13.4. The van der Waals surface area contributed by atoms with Gasteiger partial charge in [0.2, 0.25) is 0 Å². The van der Waals surface area contributed by atoms with Crippen LogP contribution >= 0.6 is 11.6 Å². The number of aromatic nitrogens is 7. The Kier molecular flexibility index (Phi) is 10.4. The zero-order chi connectivity index (χ0) is 32.7. The predicted molar refractivity (Wildman–Crippen MR) is 158 cm³/mol. The molecule has 0 spiro atoms. The van der Waals surface area contributed by atoms with Crippen LogP contribution in [-0.2, 0) is 17.9 Å². The number of anilines is 2. The number of fused-ring (bicyclic) bond motifs is 1. The molecule has 0 saturated heterocycles. The molecule has 0 radical (unpaired) electrons. The van der Waals surface area contributed by atoms with Gasteiger partial charge in [0.15, 0.2) is 23.1 Å². The number of nitrogens with one attached hydrogen (secondary N) is 1. The number of hydrogen-bond donors (Lipinski definition) is 4. The van der Waals surface area contributed by atoms with Gasteiger partial charge < -0.3 is 31.2 Å². The average molecular weight is 649 g/mol. The lowest BCUT2D eigenvalue weighted by molar-refractivity contribution is -0.192. The third kappa shape index (κ3) is 7.93. The van der Waals surface area contributed by atoms with Gasteiger partial charge in [0.1, 0.15) is 22.7 Å². The van der Waals surface area contributed by atoms with Gasteiger partial charge in [0.25, 0.3) is 0 Å². The zero-order valence-electron chi connectivity index (χ0n) is 24.0. The fourth-order valence-electron chi connectivity index (χ4n) is 4.16. The number of alkyl halides is 3. The van der Waals surface area contributed by atoms with Gasteiger partial charge in [0, 0.05) is 35.4 Å². The number of pyridine rings is 1. The molecule has 0 atom stereocenters. The molecule has 0 amide bonds. The maximum Gasteiger partial charge on any atom is 0.490 e. The average Bonchev–Trinajstić information content (AvgIpc) is 3.58. The van der Waals surface area contributed by atoms with Crippen molar-refractivity contribution in [2.45, 2.75) is 39.5 Å². The van der Waals surface area contributed by atoms with Gasteiger partial charge >= 0.3 is 12.1 Å². The van der Waals surface area contributed by atoms with Crippen molar-refractivity contribution >= 4 is 40.2 Å². The minimum atomic E-state index is -5.08. The van der Waals surface area contributed by atoms with Crippen molar-refractivity contribution in [1.82, 2.24) is 40.1 Å². The highest BCUT2D eigenvalue weighted by Crippen LogP contribution is 2.37. The number of halogens is 4. The summed E-state index contributed by atoms with van der Waals surface area (Å²) in [7, 11) is 0. The van der Waals surface area contributed by atoms with E-state index in [0.717, 1.165) is 23.1 Å². The highest BCUT2D eigenvalue weighted by atomic mass is 35.5. The van der Waals surface area contributed by atoms with E-state index in [1.807, 2.05) is 42.7 Å². The molecule has 0 aliphatic carbocycles. The molecule has 45 heavy (non-hydrogen) atoms. The largest absolute Gasteiger partial charge is 0.490 e. The van der Waals surface area contributed by atoms with Gasteiger partial charge in [-0.15, -0.1) is 0 Å². The molecule has 18 heteroatoms. The van der Waals surface area contributed by atoms with Crippen LogP contribution in [0.15, 0.2) is 41.3 Å². The lowest BCUT2D eigenvalue weighted by atomic mass is 10.1. The quantitative estimate of drug-likeness (QED) is 0.156. The SMILES string of the molecule is CCn1c(-c2nonc2N)nc2c(-c3cccc(Cl)c3)ncc(OCCCNCc3cnc(C)nc3N)c21.O=C(O)C(F)(F)F. The molecule has 4 aromatic heterocycles. The number of nitrogen functional groups attached to an aromatic ring is 2. The normalized spacial score (nSPS) is 11.3. The first-order chi connectivity index (χ1) is 21.4. The fourth-order valence-corrected chi connectivity index (χ4v) is 4.35. The summed E-state index contributed by atoms with van der Waals surface area (Å²) in [6.07, 6.45) is -0.887. The van der Waals surface area contributed by atoms with Crippen molar-refractivity contribution in [2.24, 2.45) is 0 Å². The number of imidazole rings is 1. The standard InChI is InChI=1S/C25H27ClN10O2.C2HF3O2/c1-3-36-22-18(37-9-5-8-29-11-16-12-30-14(2)32-23(16)27)13-31-19(15-6-4-7-17(26)10-15)20(22)33-25(36)21-24(28)35-38-34-21;3-2(4,5)1(6)7/h4,6-7,10,12-13,29H,3,5,8-9,11H2,1-2H3,(H2,28,35)(H2,27,30,32);(H,6,7). The van der Waals surface area contributed by atoms with E-state index < -0.39 is 12.1 Å². The van der Waals surface area contributed by atoms with Crippen molar-refractivity contribution in [2.75, 3.05) is 24.6 Å². The monoisotopic (exact) mass is 648 g/mol. The van der Waals surface area contributed by atoms with Crippen molar-refractivity contribution in [3.8, 4) is 28.5 Å². The summed E-state index contributed by atoms with van der Waals surface area (Å²) in [5, 5.41) is 18.8. The Bertz CT molecular complexity index is 1790. The Balaban J connectivity index is 0.000000591. The molecule has 238 valence electrons. The van der Waals surface area contributed by atoms with E-state index in [4.69, 9.17) is 47.3 Å². The summed E-state index contributed by atoms with van der Waals surface area (Å²) in [6, 6.07) is 7.46. The number of ether oxygens (including phenoxy) is 1. The van der Waals surface area contributed by atoms with E-state index in [0.29, 0.717) is 71.4 Å². The number of nitrogens with zero attached hydrogens (tertiary/aromatic N) is 7. The third-order valence-electron chi connectivity index (χ3n) is 6.21. The number of hydrogen-bond acceptors (Lipinski definition) is 12. The molecule has 0 saturated carbocycles. The molecular formula is C27H28ClF3N10O4. The van der Waals surface area contributed by atoms with Crippen LogP contribution in [0.3, 0.4) is 0 Å². The maximum absolute atomic E-state index is 10.6. The Morgan fingerprint density at radius 2 is 1.89 bits per heavy atom. The smallest absolute Gasteiger partial charge is 0.490 e. The van der Waals surface area contributed by atoms with Crippen LogP contribution in [0.5, 0.6) is 5.75 Å². The Labute approximate surface area is 258 Å². The number of carbonyl (C=O) groups is 1. The molecular weight excluding hydrogens is 621 g/mol. The van der Waals surface area contributed by atoms with Crippen LogP contribution in [0.25, 0.3) is 33.8 Å². The maximum atomic E-state index is 10.6. The van der Waals surface area contributed by atoms with Gasteiger partial charge in [-0.2, -0.15) is 13.2 Å². The van der Waals surface area contributed by atoms with Crippen LogP contribution in [0.4, 0.5) is 24.8 Å². The van der Waals surface area contributed by atoms with E-state index >= 15 is 0 Å². The van der Waals surface area contributed by atoms with Crippen molar-refractivity contribution in [3.63, 3.8) is 0 Å². The lowest BCUT2D eigenvalue weighted by Gasteiger charge is -2.12. The second-order valence-corrected chi connectivity index (χ2v) is 9.80. The zero-order valence-corrected chi connectivity index (χ0v) is 24.7. The van der Waals surface area contributed by atoms with Crippen LogP contribution in [-0.4, -0.2) is 65.2 Å². The number of carboxylic acid groups (broad SMARTS) is 1. The molecule has 0 aliphatic rings. The Morgan fingerprint density at radius 1 is 1.13 bits per heavy atom. The van der Waals surface area contributed by atoms with E-state index in [2.05, 4.69) is 30.6 Å². The van der Waals surface area contributed by atoms with Gasteiger partial charge in [-0.25, -0.2) is 29.4 Å². The van der Waals surface area contributed by atoms with Gasteiger partial charge in [-0.1, -0.05) is 23.7 Å². The van der Waals surface area contributed by atoms with Crippen LogP contribution < -0.4 is 21.5 Å². The molecule has 0 fully saturated rings.